The van der Waals surface area contributed by atoms with Crippen LogP contribution in [0.25, 0.3) is 0 Å². The third-order valence-electron chi connectivity index (χ3n) is 3.18. The van der Waals surface area contributed by atoms with Crippen molar-refractivity contribution in [2.24, 2.45) is 18.4 Å². The standard InChI is InChI=1S/C10H14N2O2/c1-10(2)7(8(10)9(13)14)6-4-11-12(3)5-6/h4-5,7-8H,1-3H3,(H,13,14)/t7-,8+/m1/s1. The lowest BCUT2D eigenvalue weighted by atomic mass is 10.1. The van der Waals surface area contributed by atoms with Gasteiger partial charge in [-0.1, -0.05) is 13.8 Å². The fraction of sp³-hybridized carbons (Fsp3) is 0.600. The number of aryl methyl sites for hydroxylation is 1. The molecule has 4 nitrogen and oxygen atoms in total. The Morgan fingerprint density at radius 3 is 2.64 bits per heavy atom. The molecule has 0 unspecified atom stereocenters. The van der Waals surface area contributed by atoms with Crippen LogP contribution < -0.4 is 0 Å². The molecule has 1 aliphatic rings. The Balaban J connectivity index is 2.27. The first-order chi connectivity index (χ1) is 6.44. The first-order valence-corrected chi connectivity index (χ1v) is 4.66. The Labute approximate surface area is 82.5 Å². The van der Waals surface area contributed by atoms with Crippen LogP contribution >= 0.6 is 0 Å². The summed E-state index contributed by atoms with van der Waals surface area (Å²) in [5.41, 5.74) is 0.902. The lowest BCUT2D eigenvalue weighted by Crippen LogP contribution is -2.03. The van der Waals surface area contributed by atoms with Crippen molar-refractivity contribution >= 4 is 5.97 Å². The van der Waals surface area contributed by atoms with Crippen LogP contribution in [0, 0.1) is 11.3 Å². The Morgan fingerprint density at radius 2 is 2.29 bits per heavy atom. The second kappa shape index (κ2) is 2.59. The number of aromatic nitrogens is 2. The zero-order valence-corrected chi connectivity index (χ0v) is 8.56. The quantitative estimate of drug-likeness (QED) is 0.770. The third kappa shape index (κ3) is 1.14. The number of carboxylic acids is 1. The SMILES string of the molecule is Cn1cc([C@@H]2[C@@H](C(=O)O)C2(C)C)cn1. The van der Waals surface area contributed by atoms with Crippen LogP contribution in [0.2, 0.25) is 0 Å². The second-order valence-electron chi connectivity index (χ2n) is 4.56. The van der Waals surface area contributed by atoms with Crippen LogP contribution in [0.15, 0.2) is 12.4 Å². The average molecular weight is 194 g/mol. The lowest BCUT2D eigenvalue weighted by Gasteiger charge is -1.97. The molecule has 0 aromatic carbocycles. The molecule has 0 aliphatic heterocycles. The largest absolute Gasteiger partial charge is 0.481 e. The van der Waals surface area contributed by atoms with Gasteiger partial charge in [-0.05, 0) is 11.0 Å². The van der Waals surface area contributed by atoms with E-state index in [-0.39, 0.29) is 17.3 Å². The molecule has 0 radical (unpaired) electrons. The van der Waals surface area contributed by atoms with Crippen LogP contribution in [-0.2, 0) is 11.8 Å². The van der Waals surface area contributed by atoms with Gasteiger partial charge in [-0.25, -0.2) is 0 Å². The fourth-order valence-corrected chi connectivity index (χ4v) is 2.32. The van der Waals surface area contributed by atoms with Crippen molar-refractivity contribution in [3.63, 3.8) is 0 Å². The van der Waals surface area contributed by atoms with Gasteiger partial charge in [-0.3, -0.25) is 9.48 Å². The molecule has 0 saturated heterocycles. The van der Waals surface area contributed by atoms with Gasteiger partial charge in [0.05, 0.1) is 12.1 Å². The van der Waals surface area contributed by atoms with Gasteiger partial charge in [0.2, 0.25) is 0 Å². The highest BCUT2D eigenvalue weighted by atomic mass is 16.4. The smallest absolute Gasteiger partial charge is 0.307 e. The van der Waals surface area contributed by atoms with Gasteiger partial charge in [-0.2, -0.15) is 5.10 Å². The summed E-state index contributed by atoms with van der Waals surface area (Å²) < 4.78 is 1.71. The number of carbonyl (C=O) groups is 1. The summed E-state index contributed by atoms with van der Waals surface area (Å²) in [6, 6.07) is 0. The summed E-state index contributed by atoms with van der Waals surface area (Å²) in [5, 5.41) is 13.1. The van der Waals surface area contributed by atoms with Crippen LogP contribution in [0.3, 0.4) is 0 Å². The predicted molar refractivity (Wildman–Crippen MR) is 50.9 cm³/mol. The van der Waals surface area contributed by atoms with Crippen LogP contribution in [-0.4, -0.2) is 20.9 Å². The Kier molecular flexibility index (Phi) is 1.71. The summed E-state index contributed by atoms with van der Waals surface area (Å²) in [6.45, 7) is 3.98. The van der Waals surface area contributed by atoms with E-state index in [0.717, 1.165) is 5.56 Å². The first-order valence-electron chi connectivity index (χ1n) is 4.66. The van der Waals surface area contributed by atoms with E-state index in [1.807, 2.05) is 27.1 Å². The average Bonchev–Trinajstić information content (AvgIpc) is 2.42. The Bertz CT molecular complexity index is 381. The molecule has 14 heavy (non-hydrogen) atoms. The minimum Gasteiger partial charge on any atom is -0.481 e. The van der Waals surface area contributed by atoms with Crippen molar-refractivity contribution in [1.82, 2.24) is 9.78 Å². The normalized spacial score (nSPS) is 28.8. The number of carboxylic acid groups (broad SMARTS) is 1. The topological polar surface area (TPSA) is 55.1 Å². The van der Waals surface area contributed by atoms with Gasteiger partial charge < -0.3 is 5.11 Å². The molecule has 2 atom stereocenters. The monoisotopic (exact) mass is 194 g/mol. The van der Waals surface area contributed by atoms with E-state index in [1.54, 1.807) is 10.9 Å². The molecule has 1 aromatic rings. The van der Waals surface area contributed by atoms with Gasteiger partial charge in [-0.15, -0.1) is 0 Å². The summed E-state index contributed by atoms with van der Waals surface area (Å²) in [5.74, 6) is -0.843. The van der Waals surface area contributed by atoms with E-state index in [0.29, 0.717) is 0 Å². The molecule has 1 N–H and O–H groups in total. The van der Waals surface area contributed by atoms with Crippen molar-refractivity contribution in [3.8, 4) is 0 Å². The maximum Gasteiger partial charge on any atom is 0.307 e. The number of hydrogen-bond acceptors (Lipinski definition) is 2. The molecule has 0 amide bonds. The van der Waals surface area contributed by atoms with Gasteiger partial charge in [0.25, 0.3) is 0 Å². The van der Waals surface area contributed by atoms with Crippen molar-refractivity contribution in [2.45, 2.75) is 19.8 Å². The molecule has 76 valence electrons. The van der Waals surface area contributed by atoms with Crippen LogP contribution in [0.1, 0.15) is 25.3 Å². The Morgan fingerprint density at radius 1 is 1.64 bits per heavy atom. The fourth-order valence-electron chi connectivity index (χ4n) is 2.32. The zero-order valence-electron chi connectivity index (χ0n) is 8.56. The molecule has 1 heterocycles. The maximum atomic E-state index is 10.9. The van der Waals surface area contributed by atoms with Crippen molar-refractivity contribution in [1.29, 1.82) is 0 Å². The van der Waals surface area contributed by atoms with Crippen LogP contribution in [0.5, 0.6) is 0 Å². The summed E-state index contributed by atoms with van der Waals surface area (Å²) >= 11 is 0. The van der Waals surface area contributed by atoms with Gasteiger partial charge in [0.1, 0.15) is 0 Å². The lowest BCUT2D eigenvalue weighted by molar-refractivity contribution is -0.139. The van der Waals surface area contributed by atoms with Crippen molar-refractivity contribution in [2.75, 3.05) is 0 Å². The molecule has 1 fully saturated rings. The highest BCUT2D eigenvalue weighted by molar-refractivity contribution is 5.77. The molecule has 2 rings (SSSR count). The molecular weight excluding hydrogens is 180 g/mol. The van der Waals surface area contributed by atoms with Gasteiger partial charge >= 0.3 is 5.97 Å². The van der Waals surface area contributed by atoms with E-state index >= 15 is 0 Å². The van der Waals surface area contributed by atoms with Gasteiger partial charge in [0.15, 0.2) is 0 Å². The van der Waals surface area contributed by atoms with E-state index < -0.39 is 5.97 Å². The highest BCUT2D eigenvalue weighted by Gasteiger charge is 2.63. The number of rotatable bonds is 2. The second-order valence-corrected chi connectivity index (χ2v) is 4.56. The zero-order chi connectivity index (χ0) is 10.5. The summed E-state index contributed by atoms with van der Waals surface area (Å²) in [6.07, 6.45) is 3.66. The molecule has 0 spiro atoms. The number of hydrogen-bond donors (Lipinski definition) is 1. The van der Waals surface area contributed by atoms with E-state index in [4.69, 9.17) is 5.11 Å². The highest BCUT2D eigenvalue weighted by Crippen LogP contribution is 2.64. The van der Waals surface area contributed by atoms with E-state index in [1.165, 1.54) is 0 Å². The van der Waals surface area contributed by atoms with Gasteiger partial charge in [0, 0.05) is 19.2 Å². The third-order valence-corrected chi connectivity index (χ3v) is 3.18. The molecule has 4 heteroatoms. The van der Waals surface area contributed by atoms with Crippen LogP contribution in [0.4, 0.5) is 0 Å². The van der Waals surface area contributed by atoms with Crippen molar-refractivity contribution < 1.29 is 9.90 Å². The minimum atomic E-state index is -0.705. The summed E-state index contributed by atoms with van der Waals surface area (Å²) in [7, 11) is 1.84. The summed E-state index contributed by atoms with van der Waals surface area (Å²) in [4.78, 5) is 10.9. The number of nitrogens with zero attached hydrogens (tertiary/aromatic N) is 2. The molecule has 1 saturated carbocycles. The Hall–Kier alpha value is -1.32. The van der Waals surface area contributed by atoms with E-state index in [9.17, 15) is 4.79 Å². The number of aliphatic carboxylic acids is 1. The molecule has 1 aliphatic carbocycles. The minimum absolute atomic E-state index is 0.119. The predicted octanol–water partition coefficient (Wildman–Crippen LogP) is 1.24. The molecule has 1 aromatic heterocycles. The van der Waals surface area contributed by atoms with Crippen molar-refractivity contribution in [3.05, 3.63) is 18.0 Å². The van der Waals surface area contributed by atoms with E-state index in [2.05, 4.69) is 5.10 Å². The molecule has 0 bridgehead atoms. The first kappa shape index (κ1) is 9.24. The maximum absolute atomic E-state index is 10.9. The molecular formula is C10H14N2O2.